The van der Waals surface area contributed by atoms with Gasteiger partial charge in [-0.25, -0.2) is 4.98 Å². The molecule has 0 spiro atoms. The summed E-state index contributed by atoms with van der Waals surface area (Å²) in [5.41, 5.74) is 8.23. The minimum absolute atomic E-state index is 0.123. The van der Waals surface area contributed by atoms with Crippen molar-refractivity contribution in [1.82, 2.24) is 15.2 Å². The number of nitrogens with one attached hydrogen (secondary N) is 1. The van der Waals surface area contributed by atoms with Gasteiger partial charge in [-0.1, -0.05) is 24.3 Å². The highest BCUT2D eigenvalue weighted by Gasteiger charge is 2.08. The van der Waals surface area contributed by atoms with Crippen LogP contribution in [0, 0.1) is 6.92 Å². The number of rotatable bonds is 3. The van der Waals surface area contributed by atoms with E-state index < -0.39 is 0 Å². The van der Waals surface area contributed by atoms with Crippen molar-refractivity contribution in [3.05, 3.63) is 47.0 Å². The number of nitrogens with zero attached hydrogens (tertiary/aromatic N) is 2. The van der Waals surface area contributed by atoms with E-state index in [1.807, 2.05) is 19.1 Å². The first-order chi connectivity index (χ1) is 7.66. The van der Waals surface area contributed by atoms with Crippen LogP contribution in [0.1, 0.15) is 35.7 Å². The Balaban J connectivity index is 2.18. The average Bonchev–Trinajstić information content (AvgIpc) is 2.70. The third-order valence-electron chi connectivity index (χ3n) is 2.58. The number of aromatic amines is 1. The molecule has 0 aliphatic heterocycles. The molecular weight excluding hydrogens is 200 g/mol. The lowest BCUT2D eigenvalue weighted by Crippen LogP contribution is -2.07. The summed E-state index contributed by atoms with van der Waals surface area (Å²) in [5, 5.41) is 7.00. The third-order valence-corrected chi connectivity index (χ3v) is 2.58. The van der Waals surface area contributed by atoms with Gasteiger partial charge in [0.1, 0.15) is 5.82 Å². The molecule has 0 aliphatic rings. The van der Waals surface area contributed by atoms with Crippen LogP contribution in [-0.4, -0.2) is 15.2 Å². The fraction of sp³-hybridized carbons (Fsp3) is 0.333. The number of H-pyrrole nitrogens is 1. The molecule has 1 heterocycles. The first-order valence-corrected chi connectivity index (χ1v) is 5.38. The van der Waals surface area contributed by atoms with E-state index in [0.717, 1.165) is 12.2 Å². The Morgan fingerprint density at radius 2 is 2.12 bits per heavy atom. The number of benzene rings is 1. The molecule has 2 aromatic rings. The normalized spacial score (nSPS) is 12.7. The van der Waals surface area contributed by atoms with E-state index >= 15 is 0 Å². The second kappa shape index (κ2) is 4.45. The summed E-state index contributed by atoms with van der Waals surface area (Å²) in [6.45, 7) is 3.97. The van der Waals surface area contributed by atoms with Crippen molar-refractivity contribution in [2.45, 2.75) is 26.3 Å². The maximum Gasteiger partial charge on any atom is 0.167 e. The Bertz CT molecular complexity index is 473. The van der Waals surface area contributed by atoms with Crippen molar-refractivity contribution in [1.29, 1.82) is 0 Å². The van der Waals surface area contributed by atoms with Crippen LogP contribution < -0.4 is 5.73 Å². The van der Waals surface area contributed by atoms with Crippen LogP contribution in [0.4, 0.5) is 0 Å². The van der Waals surface area contributed by atoms with Gasteiger partial charge in [-0.05, 0) is 25.0 Å². The lowest BCUT2D eigenvalue weighted by molar-refractivity contribution is 0.744. The molecule has 4 heteroatoms. The summed E-state index contributed by atoms with van der Waals surface area (Å²) >= 11 is 0. The molecule has 1 aromatic heterocycles. The second-order valence-electron chi connectivity index (χ2n) is 4.03. The SMILES string of the molecule is Cc1ccccc1Cc1nc(C(C)N)n[nH]1. The van der Waals surface area contributed by atoms with E-state index in [2.05, 4.69) is 34.2 Å². The summed E-state index contributed by atoms with van der Waals surface area (Å²) in [6.07, 6.45) is 0.770. The number of nitrogens with two attached hydrogens (primary N) is 1. The number of hydrogen-bond acceptors (Lipinski definition) is 3. The first-order valence-electron chi connectivity index (χ1n) is 5.38. The van der Waals surface area contributed by atoms with Crippen LogP contribution in [0.2, 0.25) is 0 Å². The summed E-state index contributed by atoms with van der Waals surface area (Å²) in [7, 11) is 0. The van der Waals surface area contributed by atoms with Gasteiger partial charge in [-0.15, -0.1) is 0 Å². The molecule has 0 fully saturated rings. The van der Waals surface area contributed by atoms with Gasteiger partial charge in [-0.2, -0.15) is 5.10 Å². The van der Waals surface area contributed by atoms with Crippen LogP contribution in [0.25, 0.3) is 0 Å². The Morgan fingerprint density at radius 3 is 2.75 bits per heavy atom. The highest BCUT2D eigenvalue weighted by atomic mass is 15.2. The molecule has 1 aromatic carbocycles. The van der Waals surface area contributed by atoms with Crippen molar-refractivity contribution in [2.24, 2.45) is 5.73 Å². The van der Waals surface area contributed by atoms with Crippen molar-refractivity contribution < 1.29 is 0 Å². The first kappa shape index (κ1) is 10.8. The molecule has 0 bridgehead atoms. The minimum Gasteiger partial charge on any atom is -0.321 e. The Kier molecular flexibility index (Phi) is 3.01. The molecule has 1 unspecified atom stereocenters. The molecule has 4 nitrogen and oxygen atoms in total. The molecule has 0 aliphatic carbocycles. The van der Waals surface area contributed by atoms with Gasteiger partial charge in [0.25, 0.3) is 0 Å². The van der Waals surface area contributed by atoms with Crippen LogP contribution in [0.5, 0.6) is 0 Å². The number of aryl methyl sites for hydroxylation is 1. The van der Waals surface area contributed by atoms with E-state index in [1.54, 1.807) is 0 Å². The smallest absolute Gasteiger partial charge is 0.167 e. The monoisotopic (exact) mass is 216 g/mol. The quantitative estimate of drug-likeness (QED) is 0.821. The lowest BCUT2D eigenvalue weighted by atomic mass is 10.1. The Morgan fingerprint density at radius 1 is 1.38 bits per heavy atom. The maximum absolute atomic E-state index is 5.71. The van der Waals surface area contributed by atoms with Gasteiger partial charge in [0.05, 0.1) is 6.04 Å². The van der Waals surface area contributed by atoms with Crippen LogP contribution in [0.3, 0.4) is 0 Å². The van der Waals surface area contributed by atoms with E-state index in [0.29, 0.717) is 5.82 Å². The zero-order valence-corrected chi connectivity index (χ0v) is 9.57. The summed E-state index contributed by atoms with van der Waals surface area (Å²) in [6, 6.07) is 8.14. The van der Waals surface area contributed by atoms with Crippen LogP contribution >= 0.6 is 0 Å². The molecule has 3 N–H and O–H groups in total. The van der Waals surface area contributed by atoms with Crippen molar-refractivity contribution in [3.63, 3.8) is 0 Å². The zero-order valence-electron chi connectivity index (χ0n) is 9.57. The van der Waals surface area contributed by atoms with Crippen LogP contribution in [0.15, 0.2) is 24.3 Å². The molecule has 16 heavy (non-hydrogen) atoms. The highest BCUT2D eigenvalue weighted by molar-refractivity contribution is 5.28. The van der Waals surface area contributed by atoms with E-state index in [-0.39, 0.29) is 6.04 Å². The Hall–Kier alpha value is -1.68. The number of hydrogen-bond donors (Lipinski definition) is 2. The predicted octanol–water partition coefficient (Wildman–Crippen LogP) is 1.72. The molecular formula is C12H16N4. The molecule has 0 saturated carbocycles. The Labute approximate surface area is 94.9 Å². The zero-order chi connectivity index (χ0) is 11.5. The second-order valence-corrected chi connectivity index (χ2v) is 4.03. The molecule has 0 radical (unpaired) electrons. The largest absolute Gasteiger partial charge is 0.321 e. The lowest BCUT2D eigenvalue weighted by Gasteiger charge is -2.02. The summed E-state index contributed by atoms with van der Waals surface area (Å²) in [5.74, 6) is 1.53. The summed E-state index contributed by atoms with van der Waals surface area (Å²) < 4.78 is 0. The molecule has 0 amide bonds. The van der Waals surface area contributed by atoms with E-state index in [1.165, 1.54) is 11.1 Å². The van der Waals surface area contributed by atoms with Gasteiger partial charge in [0.15, 0.2) is 5.82 Å². The molecule has 84 valence electrons. The van der Waals surface area contributed by atoms with Crippen molar-refractivity contribution in [3.8, 4) is 0 Å². The van der Waals surface area contributed by atoms with E-state index in [4.69, 9.17) is 5.73 Å². The van der Waals surface area contributed by atoms with Gasteiger partial charge in [-0.3, -0.25) is 5.10 Å². The van der Waals surface area contributed by atoms with Gasteiger partial charge in [0.2, 0.25) is 0 Å². The molecule has 2 rings (SSSR count). The fourth-order valence-corrected chi connectivity index (χ4v) is 1.58. The van der Waals surface area contributed by atoms with Crippen molar-refractivity contribution in [2.75, 3.05) is 0 Å². The highest BCUT2D eigenvalue weighted by Crippen LogP contribution is 2.11. The van der Waals surface area contributed by atoms with Crippen molar-refractivity contribution >= 4 is 0 Å². The van der Waals surface area contributed by atoms with Gasteiger partial charge in [0, 0.05) is 6.42 Å². The summed E-state index contributed by atoms with van der Waals surface area (Å²) in [4.78, 5) is 4.35. The average molecular weight is 216 g/mol. The molecule has 1 atom stereocenters. The number of aromatic nitrogens is 3. The fourth-order valence-electron chi connectivity index (χ4n) is 1.58. The van der Waals surface area contributed by atoms with Gasteiger partial charge < -0.3 is 5.73 Å². The van der Waals surface area contributed by atoms with E-state index in [9.17, 15) is 0 Å². The predicted molar refractivity (Wildman–Crippen MR) is 63.0 cm³/mol. The van der Waals surface area contributed by atoms with Crippen LogP contribution in [-0.2, 0) is 6.42 Å². The third kappa shape index (κ3) is 2.28. The topological polar surface area (TPSA) is 67.6 Å². The standard InChI is InChI=1S/C12H16N4/c1-8-5-3-4-6-10(8)7-11-14-12(9(2)13)16-15-11/h3-6,9H,7,13H2,1-2H3,(H,14,15,16). The van der Waals surface area contributed by atoms with Gasteiger partial charge >= 0.3 is 0 Å². The maximum atomic E-state index is 5.71. The molecule has 0 saturated heterocycles. The minimum atomic E-state index is -0.123.